The fourth-order valence-electron chi connectivity index (χ4n) is 1.46. The molecule has 0 aliphatic carbocycles. The second-order valence-electron chi connectivity index (χ2n) is 4.26. The van der Waals surface area contributed by atoms with Gasteiger partial charge in [0.1, 0.15) is 5.82 Å². The first-order chi connectivity index (χ1) is 5.95. The number of rotatable bonds is 1. The third-order valence-electron chi connectivity index (χ3n) is 2.10. The van der Waals surface area contributed by atoms with Crippen LogP contribution in [0.4, 0.5) is 4.39 Å². The molecule has 0 atom stereocenters. The second-order valence-corrected chi connectivity index (χ2v) is 4.26. The van der Waals surface area contributed by atoms with Gasteiger partial charge in [0, 0.05) is 6.54 Å². The summed E-state index contributed by atoms with van der Waals surface area (Å²) in [4.78, 5) is 0. The zero-order valence-electron chi connectivity index (χ0n) is 8.39. The molecule has 0 fully saturated rings. The molecule has 0 aromatic heterocycles. The molecule has 1 rings (SSSR count). The minimum absolute atomic E-state index is 0.0302. The second kappa shape index (κ2) is 3.46. The smallest absolute Gasteiger partial charge is 0.123 e. The summed E-state index contributed by atoms with van der Waals surface area (Å²) in [5.74, 6) is -0.214. The van der Waals surface area contributed by atoms with E-state index in [1.165, 1.54) is 12.1 Å². The summed E-state index contributed by atoms with van der Waals surface area (Å²) in [5.41, 5.74) is 7.60. The van der Waals surface area contributed by atoms with Crippen molar-refractivity contribution in [1.82, 2.24) is 0 Å². The number of benzene rings is 1. The van der Waals surface area contributed by atoms with Gasteiger partial charge in [0.15, 0.2) is 0 Å². The molecule has 0 unspecified atom stereocenters. The standard InChI is InChI=1S/C11H16FN/c1-11(2,3)10-5-4-9(12)6-8(10)7-13/h4-6H,7,13H2,1-3H3. The van der Waals surface area contributed by atoms with Crippen molar-refractivity contribution in [3.8, 4) is 0 Å². The summed E-state index contributed by atoms with van der Waals surface area (Å²) in [6, 6.07) is 4.82. The summed E-state index contributed by atoms with van der Waals surface area (Å²) < 4.78 is 12.9. The van der Waals surface area contributed by atoms with Gasteiger partial charge in [-0.25, -0.2) is 4.39 Å². The van der Waals surface area contributed by atoms with Gasteiger partial charge in [-0.05, 0) is 28.7 Å². The summed E-state index contributed by atoms with van der Waals surface area (Å²) in [7, 11) is 0. The highest BCUT2D eigenvalue weighted by molar-refractivity contribution is 5.33. The van der Waals surface area contributed by atoms with E-state index >= 15 is 0 Å². The summed E-state index contributed by atoms with van der Waals surface area (Å²) >= 11 is 0. The van der Waals surface area contributed by atoms with Crippen LogP contribution in [0.1, 0.15) is 31.9 Å². The minimum atomic E-state index is -0.214. The number of hydrogen-bond acceptors (Lipinski definition) is 1. The van der Waals surface area contributed by atoms with Crippen molar-refractivity contribution >= 4 is 0 Å². The van der Waals surface area contributed by atoms with Crippen molar-refractivity contribution in [2.45, 2.75) is 32.7 Å². The largest absolute Gasteiger partial charge is 0.326 e. The molecule has 1 aromatic carbocycles. The topological polar surface area (TPSA) is 26.0 Å². The molecule has 0 bridgehead atoms. The van der Waals surface area contributed by atoms with Crippen LogP contribution in [0.5, 0.6) is 0 Å². The van der Waals surface area contributed by atoms with Crippen LogP contribution in [0.3, 0.4) is 0 Å². The van der Waals surface area contributed by atoms with Gasteiger partial charge < -0.3 is 5.73 Å². The van der Waals surface area contributed by atoms with Crippen LogP contribution in [0.15, 0.2) is 18.2 Å². The van der Waals surface area contributed by atoms with Crippen LogP contribution in [0.25, 0.3) is 0 Å². The Labute approximate surface area is 78.8 Å². The molecule has 0 radical (unpaired) electrons. The van der Waals surface area contributed by atoms with E-state index in [4.69, 9.17) is 5.73 Å². The molecule has 0 amide bonds. The lowest BCUT2D eigenvalue weighted by atomic mass is 9.84. The number of nitrogens with two attached hydrogens (primary N) is 1. The van der Waals surface area contributed by atoms with E-state index in [-0.39, 0.29) is 11.2 Å². The minimum Gasteiger partial charge on any atom is -0.326 e. The maximum absolute atomic E-state index is 12.9. The quantitative estimate of drug-likeness (QED) is 0.708. The Hall–Kier alpha value is -0.890. The van der Waals surface area contributed by atoms with Gasteiger partial charge in [-0.3, -0.25) is 0 Å². The van der Waals surface area contributed by atoms with Crippen molar-refractivity contribution in [1.29, 1.82) is 0 Å². The molecule has 1 nitrogen and oxygen atoms in total. The average molecular weight is 181 g/mol. The summed E-state index contributed by atoms with van der Waals surface area (Å²) in [6.07, 6.45) is 0. The Morgan fingerprint density at radius 1 is 1.31 bits per heavy atom. The van der Waals surface area contributed by atoms with Gasteiger partial charge in [0.05, 0.1) is 0 Å². The van der Waals surface area contributed by atoms with E-state index in [9.17, 15) is 4.39 Å². The molecule has 0 saturated carbocycles. The normalized spacial score (nSPS) is 11.8. The van der Waals surface area contributed by atoms with Crippen LogP contribution >= 0.6 is 0 Å². The SMILES string of the molecule is CC(C)(C)c1ccc(F)cc1CN. The van der Waals surface area contributed by atoms with Gasteiger partial charge in [-0.1, -0.05) is 26.8 Å². The van der Waals surface area contributed by atoms with Gasteiger partial charge >= 0.3 is 0 Å². The van der Waals surface area contributed by atoms with Crippen molar-refractivity contribution in [3.05, 3.63) is 35.1 Å². The van der Waals surface area contributed by atoms with Crippen LogP contribution in [0.2, 0.25) is 0 Å². The number of halogens is 1. The van der Waals surface area contributed by atoms with Crippen LogP contribution in [-0.4, -0.2) is 0 Å². The Bertz CT molecular complexity index is 299. The highest BCUT2D eigenvalue weighted by Crippen LogP contribution is 2.25. The molecule has 0 aliphatic heterocycles. The predicted octanol–water partition coefficient (Wildman–Crippen LogP) is 2.58. The highest BCUT2D eigenvalue weighted by atomic mass is 19.1. The van der Waals surface area contributed by atoms with E-state index < -0.39 is 0 Å². The molecule has 1 aromatic rings. The van der Waals surface area contributed by atoms with Crippen LogP contribution in [0, 0.1) is 5.82 Å². The first kappa shape index (κ1) is 10.2. The average Bonchev–Trinajstić information content (AvgIpc) is 2.01. The van der Waals surface area contributed by atoms with Crippen molar-refractivity contribution in [3.63, 3.8) is 0 Å². The van der Waals surface area contributed by atoms with E-state index in [0.717, 1.165) is 11.1 Å². The molecular formula is C11H16FN. The first-order valence-corrected chi connectivity index (χ1v) is 4.44. The van der Waals surface area contributed by atoms with Gasteiger partial charge in [-0.15, -0.1) is 0 Å². The molecule has 0 saturated heterocycles. The summed E-state index contributed by atoms with van der Waals surface area (Å²) in [5, 5.41) is 0. The van der Waals surface area contributed by atoms with E-state index in [0.29, 0.717) is 6.54 Å². The fourth-order valence-corrected chi connectivity index (χ4v) is 1.46. The van der Waals surface area contributed by atoms with Crippen molar-refractivity contribution in [2.75, 3.05) is 0 Å². The number of hydrogen-bond donors (Lipinski definition) is 1. The maximum Gasteiger partial charge on any atom is 0.123 e. The molecule has 0 aliphatic rings. The molecule has 0 heterocycles. The fraction of sp³-hybridized carbons (Fsp3) is 0.455. The van der Waals surface area contributed by atoms with Gasteiger partial charge in [0.2, 0.25) is 0 Å². The molecular weight excluding hydrogens is 165 g/mol. The van der Waals surface area contributed by atoms with E-state index in [2.05, 4.69) is 20.8 Å². The van der Waals surface area contributed by atoms with Crippen LogP contribution in [-0.2, 0) is 12.0 Å². The summed E-state index contributed by atoms with van der Waals surface area (Å²) in [6.45, 7) is 6.68. The highest BCUT2D eigenvalue weighted by Gasteiger charge is 2.17. The van der Waals surface area contributed by atoms with E-state index in [1.807, 2.05) is 6.07 Å². The maximum atomic E-state index is 12.9. The lowest BCUT2D eigenvalue weighted by Gasteiger charge is -2.22. The van der Waals surface area contributed by atoms with Crippen LogP contribution < -0.4 is 5.73 Å². The monoisotopic (exact) mass is 181 g/mol. The van der Waals surface area contributed by atoms with Gasteiger partial charge in [0.25, 0.3) is 0 Å². The Kier molecular flexibility index (Phi) is 2.71. The van der Waals surface area contributed by atoms with Crippen molar-refractivity contribution < 1.29 is 4.39 Å². The molecule has 72 valence electrons. The Morgan fingerprint density at radius 3 is 2.38 bits per heavy atom. The lowest BCUT2D eigenvalue weighted by molar-refractivity contribution is 0.574. The zero-order chi connectivity index (χ0) is 10.1. The van der Waals surface area contributed by atoms with Crippen molar-refractivity contribution in [2.24, 2.45) is 5.73 Å². The zero-order valence-corrected chi connectivity index (χ0v) is 8.39. The molecule has 13 heavy (non-hydrogen) atoms. The molecule has 0 spiro atoms. The van der Waals surface area contributed by atoms with E-state index in [1.54, 1.807) is 0 Å². The third-order valence-corrected chi connectivity index (χ3v) is 2.10. The third kappa shape index (κ3) is 2.28. The Morgan fingerprint density at radius 2 is 1.92 bits per heavy atom. The lowest BCUT2D eigenvalue weighted by Crippen LogP contribution is -2.16. The molecule has 2 N–H and O–H groups in total. The van der Waals surface area contributed by atoms with Gasteiger partial charge in [-0.2, -0.15) is 0 Å². The Balaban J connectivity index is 3.22. The molecule has 2 heteroatoms. The predicted molar refractivity (Wildman–Crippen MR) is 53.0 cm³/mol. The first-order valence-electron chi connectivity index (χ1n) is 4.44.